The average Bonchev–Trinajstić information content (AvgIpc) is 3.15. The van der Waals surface area contributed by atoms with E-state index in [1.54, 1.807) is 4.90 Å². The van der Waals surface area contributed by atoms with Crippen molar-refractivity contribution in [3.63, 3.8) is 0 Å². The van der Waals surface area contributed by atoms with E-state index in [0.29, 0.717) is 90.3 Å². The highest BCUT2D eigenvalue weighted by atomic mass is 16.7. The van der Waals surface area contributed by atoms with Crippen molar-refractivity contribution in [3.8, 4) is 0 Å². The van der Waals surface area contributed by atoms with E-state index in [9.17, 15) is 81.1 Å². The molecule has 0 radical (unpaired) electrons. The lowest BCUT2D eigenvalue weighted by molar-refractivity contribution is -0.327. The van der Waals surface area contributed by atoms with E-state index < -0.39 is 98.2 Å². The molecule has 9 rings (SSSR count). The first-order valence-corrected chi connectivity index (χ1v) is 34.1. The van der Waals surface area contributed by atoms with Gasteiger partial charge in [-0.15, -0.1) is 0 Å². The summed E-state index contributed by atoms with van der Waals surface area (Å²) in [5.74, 6) is 1.84. The van der Waals surface area contributed by atoms with E-state index in [0.717, 1.165) is 51.4 Å². The molecular formula is C66H115N3O18. The van der Waals surface area contributed by atoms with Crippen LogP contribution in [0.2, 0.25) is 0 Å². The van der Waals surface area contributed by atoms with Gasteiger partial charge in [0.2, 0.25) is 11.8 Å². The fourth-order valence-electron chi connectivity index (χ4n) is 21.3. The third-order valence-corrected chi connectivity index (χ3v) is 26.5. The fourth-order valence-corrected chi connectivity index (χ4v) is 21.3. The van der Waals surface area contributed by atoms with Crippen molar-refractivity contribution >= 4 is 11.8 Å². The van der Waals surface area contributed by atoms with Gasteiger partial charge in [-0.25, -0.2) is 0 Å². The molecule has 87 heavy (non-hydrogen) atoms. The lowest BCUT2D eigenvalue weighted by Crippen LogP contribution is -2.62. The van der Waals surface area contributed by atoms with E-state index in [2.05, 4.69) is 52.2 Å². The number of aliphatic hydroxyl groups excluding tert-OH is 14. The van der Waals surface area contributed by atoms with Crippen LogP contribution in [-0.2, 0) is 19.1 Å². The van der Waals surface area contributed by atoms with E-state index in [4.69, 9.17) is 9.47 Å². The summed E-state index contributed by atoms with van der Waals surface area (Å²) in [5, 5.41) is 158. The highest BCUT2D eigenvalue weighted by molar-refractivity contribution is 5.76. The Labute approximate surface area is 516 Å². The quantitative estimate of drug-likeness (QED) is 0.0573. The number of hydrogen-bond acceptors (Lipinski definition) is 19. The van der Waals surface area contributed by atoms with Crippen molar-refractivity contribution in [1.82, 2.24) is 15.5 Å². The Morgan fingerprint density at radius 3 is 1.62 bits per heavy atom. The maximum Gasteiger partial charge on any atom is 0.222 e. The molecule has 0 bridgehead atoms. The van der Waals surface area contributed by atoms with Gasteiger partial charge in [-0.1, -0.05) is 41.5 Å². The van der Waals surface area contributed by atoms with E-state index in [1.807, 2.05) is 0 Å². The average molecular weight is 1240 g/mol. The van der Waals surface area contributed by atoms with E-state index in [1.165, 1.54) is 0 Å². The Kier molecular flexibility index (Phi) is 22.8. The Morgan fingerprint density at radius 1 is 0.609 bits per heavy atom. The van der Waals surface area contributed by atoms with Gasteiger partial charge < -0.3 is 96.5 Å². The lowest BCUT2D eigenvalue weighted by atomic mass is 9.43. The molecule has 0 spiro atoms. The van der Waals surface area contributed by atoms with Gasteiger partial charge >= 0.3 is 0 Å². The second kappa shape index (κ2) is 28.5. The number of aliphatic hydroxyl groups is 14. The SMILES string of the molecule is CC(CCC(=O)NCCCN(CCCNCC(O)C(O)C(OC1OC(CO)C(O)C(O)C1O)C(O)CO)C(=O)CCC(C)C1CCC2C3C(O)CC4C[C@H](O)CC[C@]4(C)C3C[C@H](O)[C@]12C)C1CCC2C3C(O)CC4C[C@H](O)CC[C@]4(C)C3C[C@H](O)[C@]12C. The minimum atomic E-state index is -1.87. The maximum atomic E-state index is 14.4. The molecule has 1 aliphatic heterocycles. The van der Waals surface area contributed by atoms with Gasteiger partial charge in [0.1, 0.15) is 42.7 Å². The zero-order valence-corrected chi connectivity index (χ0v) is 53.0. The molecule has 502 valence electrons. The molecule has 1 saturated heterocycles. The van der Waals surface area contributed by atoms with Gasteiger partial charge in [-0.3, -0.25) is 9.59 Å². The number of nitrogens with one attached hydrogen (secondary N) is 2. The molecule has 0 aromatic carbocycles. The number of carbonyl (C=O) groups excluding carboxylic acids is 2. The van der Waals surface area contributed by atoms with Crippen LogP contribution in [0, 0.1) is 92.7 Å². The summed E-state index contributed by atoms with van der Waals surface area (Å²) in [5.41, 5.74) is -0.850. The van der Waals surface area contributed by atoms with Crippen LogP contribution in [0.3, 0.4) is 0 Å². The summed E-state index contributed by atoms with van der Waals surface area (Å²) in [4.78, 5) is 29.8. The molecule has 9 aliphatic rings. The predicted molar refractivity (Wildman–Crippen MR) is 320 cm³/mol. The largest absolute Gasteiger partial charge is 0.394 e. The van der Waals surface area contributed by atoms with Crippen molar-refractivity contribution in [2.75, 3.05) is 45.9 Å². The Balaban J connectivity index is 0.786. The van der Waals surface area contributed by atoms with Crippen LogP contribution < -0.4 is 10.6 Å². The number of fused-ring (bicyclic) bond motifs is 10. The van der Waals surface area contributed by atoms with Gasteiger partial charge in [0.05, 0.1) is 55.9 Å². The second-order valence-electron chi connectivity index (χ2n) is 30.8. The molecule has 8 aliphatic carbocycles. The number of rotatable bonds is 25. The van der Waals surface area contributed by atoms with Crippen molar-refractivity contribution in [1.29, 1.82) is 0 Å². The zero-order valence-electron chi connectivity index (χ0n) is 53.0. The highest BCUT2D eigenvalue weighted by Gasteiger charge is 2.68. The van der Waals surface area contributed by atoms with Gasteiger partial charge in [-0.05, 0) is 215 Å². The topological polar surface area (TPSA) is 363 Å². The third-order valence-electron chi connectivity index (χ3n) is 26.5. The number of ether oxygens (including phenoxy) is 2. The molecule has 0 aromatic heterocycles. The Hall–Kier alpha value is -1.74. The molecule has 8 saturated carbocycles. The van der Waals surface area contributed by atoms with Crippen LogP contribution in [0.4, 0.5) is 0 Å². The summed E-state index contributed by atoms with van der Waals surface area (Å²) in [6.45, 7) is 12.9. The minimum absolute atomic E-state index is 0.0108. The Morgan fingerprint density at radius 2 is 1.11 bits per heavy atom. The van der Waals surface area contributed by atoms with E-state index in [-0.39, 0.29) is 131 Å². The number of nitrogens with zero attached hydrogens (tertiary/aromatic N) is 1. The van der Waals surface area contributed by atoms with E-state index >= 15 is 0 Å². The smallest absolute Gasteiger partial charge is 0.222 e. The number of carbonyl (C=O) groups is 2. The molecule has 1 heterocycles. The first-order chi connectivity index (χ1) is 41.1. The zero-order chi connectivity index (χ0) is 63.2. The highest BCUT2D eigenvalue weighted by Crippen LogP contribution is 2.70. The standard InChI is InChI=1S/C66H115N3O18/c1-34(40-11-13-42-55-44(29-51(78)65(40,42)5)63(3)19-17-38(72)25-36(63)27-46(55)74)9-15-53(80)68-22-8-24-69(23-7-21-67-31-48(76)57(82)61(49(77)32-70)87-62-60(85)59(84)58(83)50(33-71)86-62)54(81)16-10-35(2)41-12-14-43-56-45(30-52(79)66(41,43)6)64(4)20-18-39(73)26-37(64)28-47(56)75/h34-52,55-62,67,70-79,82-85H,7-33H2,1-6H3,(H,68,80)/t34?,35?,36?,37?,38-,39-,40?,41?,42?,43?,44?,45?,46?,47?,48?,49?,50?,51+,52+,55?,56?,57?,58?,59?,60?,61?,62?,63+,64+,65-,66-/m1/s1. The van der Waals surface area contributed by atoms with Crippen LogP contribution in [0.5, 0.6) is 0 Å². The van der Waals surface area contributed by atoms with Crippen molar-refractivity contribution in [3.05, 3.63) is 0 Å². The molecule has 21 nitrogen and oxygen atoms in total. The summed E-state index contributed by atoms with van der Waals surface area (Å²) in [7, 11) is 0. The van der Waals surface area contributed by atoms with Crippen molar-refractivity contribution in [2.45, 2.75) is 262 Å². The minimum Gasteiger partial charge on any atom is -0.394 e. The second-order valence-corrected chi connectivity index (χ2v) is 30.8. The summed E-state index contributed by atoms with van der Waals surface area (Å²) in [6, 6.07) is 0. The van der Waals surface area contributed by atoms with Gasteiger partial charge in [0.25, 0.3) is 0 Å². The Bertz CT molecular complexity index is 2260. The van der Waals surface area contributed by atoms with Crippen LogP contribution in [-0.4, -0.2) is 226 Å². The molecule has 31 atom stereocenters. The summed E-state index contributed by atoms with van der Waals surface area (Å²) in [6.07, 6.45) is -4.31. The fraction of sp³-hybridized carbons (Fsp3) is 0.970. The summed E-state index contributed by atoms with van der Waals surface area (Å²) < 4.78 is 10.9. The van der Waals surface area contributed by atoms with Crippen LogP contribution in [0.1, 0.15) is 170 Å². The third kappa shape index (κ3) is 13.5. The van der Waals surface area contributed by atoms with Crippen LogP contribution in [0.25, 0.3) is 0 Å². The van der Waals surface area contributed by atoms with Gasteiger partial charge in [-0.2, -0.15) is 0 Å². The molecular weight excluding hydrogens is 1120 g/mol. The first-order valence-electron chi connectivity index (χ1n) is 34.1. The van der Waals surface area contributed by atoms with Crippen molar-refractivity contribution < 1.29 is 90.6 Å². The summed E-state index contributed by atoms with van der Waals surface area (Å²) >= 11 is 0. The van der Waals surface area contributed by atoms with Crippen LogP contribution in [0.15, 0.2) is 0 Å². The van der Waals surface area contributed by atoms with Crippen LogP contribution >= 0.6 is 0 Å². The van der Waals surface area contributed by atoms with Gasteiger partial charge in [0.15, 0.2) is 6.29 Å². The molecule has 16 N–H and O–H groups in total. The monoisotopic (exact) mass is 1240 g/mol. The normalized spacial score (nSPS) is 46.3. The molecule has 23 unspecified atom stereocenters. The lowest BCUT2D eigenvalue weighted by Gasteiger charge is -2.63. The maximum absolute atomic E-state index is 14.4. The number of amides is 2. The number of hydrogen-bond donors (Lipinski definition) is 16. The molecule has 2 amide bonds. The predicted octanol–water partition coefficient (Wildman–Crippen LogP) is 1.32. The first kappa shape index (κ1) is 69.6. The van der Waals surface area contributed by atoms with Crippen molar-refractivity contribution in [2.24, 2.45) is 92.7 Å². The van der Waals surface area contributed by atoms with Gasteiger partial charge in [0, 0.05) is 39.0 Å². The molecule has 0 aromatic rings. The molecule has 9 fully saturated rings. The molecule has 21 heteroatoms.